The molecule has 2 heterocycles. The average Bonchev–Trinajstić information content (AvgIpc) is 3.05. The van der Waals surface area contributed by atoms with Crippen molar-refractivity contribution < 1.29 is 4.79 Å². The predicted octanol–water partition coefficient (Wildman–Crippen LogP) is 2.02. The first kappa shape index (κ1) is 14.8. The second-order valence-corrected chi connectivity index (χ2v) is 5.10. The van der Waals surface area contributed by atoms with Gasteiger partial charge in [0.05, 0.1) is 11.9 Å². The van der Waals surface area contributed by atoms with Crippen LogP contribution in [0.4, 0.5) is 5.69 Å². The van der Waals surface area contributed by atoms with Crippen LogP contribution in [0.25, 0.3) is 5.69 Å². The van der Waals surface area contributed by atoms with Crippen molar-refractivity contribution in [1.29, 1.82) is 0 Å². The number of nitrogens with zero attached hydrogens (tertiary/aromatic N) is 3. The van der Waals surface area contributed by atoms with Gasteiger partial charge in [0.1, 0.15) is 5.69 Å². The quantitative estimate of drug-likeness (QED) is 0.729. The van der Waals surface area contributed by atoms with Gasteiger partial charge in [-0.15, -0.1) is 0 Å². The maximum absolute atomic E-state index is 11.1. The summed E-state index contributed by atoms with van der Waals surface area (Å²) in [5, 5.41) is 7.62. The molecule has 0 bridgehead atoms. The first-order valence-electron chi connectivity index (χ1n) is 7.31. The Morgan fingerprint density at radius 1 is 1.22 bits per heavy atom. The van der Waals surface area contributed by atoms with E-state index in [1.807, 2.05) is 47.4 Å². The van der Waals surface area contributed by atoms with Crippen molar-refractivity contribution in [2.24, 2.45) is 5.73 Å². The lowest BCUT2D eigenvalue weighted by Crippen LogP contribution is -2.13. The molecule has 116 valence electrons. The highest BCUT2D eigenvalue weighted by molar-refractivity contribution is 5.91. The van der Waals surface area contributed by atoms with E-state index in [1.54, 1.807) is 18.3 Å². The fraction of sp³-hybridized carbons (Fsp3) is 0.118. The minimum atomic E-state index is -0.530. The average molecular weight is 307 g/mol. The van der Waals surface area contributed by atoms with Gasteiger partial charge in [-0.2, -0.15) is 5.10 Å². The Morgan fingerprint density at radius 3 is 2.83 bits per heavy atom. The summed E-state index contributed by atoms with van der Waals surface area (Å²) >= 11 is 0. The van der Waals surface area contributed by atoms with Crippen molar-refractivity contribution >= 4 is 11.6 Å². The normalized spacial score (nSPS) is 10.4. The monoisotopic (exact) mass is 307 g/mol. The third kappa shape index (κ3) is 3.74. The number of rotatable bonds is 6. The molecule has 0 atom stereocenters. The van der Waals surface area contributed by atoms with Gasteiger partial charge < -0.3 is 11.1 Å². The van der Waals surface area contributed by atoms with Crippen molar-refractivity contribution in [3.8, 4) is 5.69 Å². The lowest BCUT2D eigenvalue weighted by molar-refractivity contribution is 0.0995. The molecule has 0 radical (unpaired) electrons. The lowest BCUT2D eigenvalue weighted by atomic mass is 10.2. The van der Waals surface area contributed by atoms with Crippen LogP contribution in [-0.4, -0.2) is 27.2 Å². The van der Waals surface area contributed by atoms with Crippen LogP contribution in [0, 0.1) is 0 Å². The van der Waals surface area contributed by atoms with Crippen molar-refractivity contribution in [3.05, 3.63) is 72.3 Å². The molecule has 0 aliphatic carbocycles. The number of para-hydroxylation sites is 1. The van der Waals surface area contributed by atoms with Gasteiger partial charge in [0.25, 0.3) is 5.91 Å². The van der Waals surface area contributed by atoms with E-state index in [0.29, 0.717) is 0 Å². The van der Waals surface area contributed by atoms with E-state index in [0.717, 1.165) is 29.9 Å². The van der Waals surface area contributed by atoms with Gasteiger partial charge in [-0.3, -0.25) is 9.78 Å². The fourth-order valence-corrected chi connectivity index (χ4v) is 2.24. The van der Waals surface area contributed by atoms with Crippen LogP contribution < -0.4 is 11.1 Å². The maximum Gasteiger partial charge on any atom is 0.267 e. The molecule has 3 rings (SSSR count). The van der Waals surface area contributed by atoms with Gasteiger partial charge in [0, 0.05) is 24.6 Å². The summed E-state index contributed by atoms with van der Waals surface area (Å²) in [5.74, 6) is -0.530. The second-order valence-electron chi connectivity index (χ2n) is 5.10. The zero-order valence-electron chi connectivity index (χ0n) is 12.5. The third-order valence-corrected chi connectivity index (χ3v) is 3.41. The fourth-order valence-electron chi connectivity index (χ4n) is 2.24. The summed E-state index contributed by atoms with van der Waals surface area (Å²) in [5.41, 5.74) is 8.46. The molecule has 3 aromatic rings. The maximum atomic E-state index is 11.1. The minimum absolute atomic E-state index is 0.256. The first-order valence-corrected chi connectivity index (χ1v) is 7.31. The molecule has 0 spiro atoms. The number of hydrogen-bond acceptors (Lipinski definition) is 4. The van der Waals surface area contributed by atoms with Crippen molar-refractivity contribution in [1.82, 2.24) is 14.8 Å². The van der Waals surface area contributed by atoms with E-state index in [4.69, 9.17) is 5.73 Å². The number of carbonyl (C=O) groups excluding carboxylic acids is 1. The van der Waals surface area contributed by atoms with Gasteiger partial charge >= 0.3 is 0 Å². The molecule has 0 aliphatic rings. The van der Waals surface area contributed by atoms with Gasteiger partial charge in [-0.1, -0.05) is 18.2 Å². The van der Waals surface area contributed by atoms with Crippen LogP contribution in [0.15, 0.2) is 61.1 Å². The van der Waals surface area contributed by atoms with E-state index >= 15 is 0 Å². The molecular weight excluding hydrogens is 290 g/mol. The van der Waals surface area contributed by atoms with Crippen LogP contribution >= 0.6 is 0 Å². The summed E-state index contributed by atoms with van der Waals surface area (Å²) in [6.07, 6.45) is 6.26. The highest BCUT2D eigenvalue weighted by Gasteiger charge is 2.04. The van der Waals surface area contributed by atoms with Gasteiger partial charge in [-0.05, 0) is 36.2 Å². The van der Waals surface area contributed by atoms with Crippen LogP contribution in [0.1, 0.15) is 16.1 Å². The molecule has 0 fully saturated rings. The molecule has 3 N–H and O–H groups in total. The third-order valence-electron chi connectivity index (χ3n) is 3.41. The summed E-state index contributed by atoms with van der Waals surface area (Å²) in [6.45, 7) is 0.725. The van der Waals surface area contributed by atoms with E-state index in [1.165, 1.54) is 0 Å². The summed E-state index contributed by atoms with van der Waals surface area (Å²) in [4.78, 5) is 15.0. The molecule has 0 saturated heterocycles. The lowest BCUT2D eigenvalue weighted by Gasteiger charge is -2.06. The van der Waals surface area contributed by atoms with E-state index in [-0.39, 0.29) is 5.69 Å². The topological polar surface area (TPSA) is 85.8 Å². The molecule has 0 aliphatic heterocycles. The van der Waals surface area contributed by atoms with Gasteiger partial charge in [0.2, 0.25) is 0 Å². The van der Waals surface area contributed by atoms with Crippen molar-refractivity contribution in [3.63, 3.8) is 0 Å². The smallest absolute Gasteiger partial charge is 0.267 e. The Balaban J connectivity index is 1.58. The molecule has 0 saturated carbocycles. The Bertz CT molecular complexity index is 798. The summed E-state index contributed by atoms with van der Waals surface area (Å²) in [7, 11) is 0. The number of pyridine rings is 1. The Morgan fingerprint density at radius 2 is 2.04 bits per heavy atom. The van der Waals surface area contributed by atoms with Crippen LogP contribution in [0.2, 0.25) is 0 Å². The summed E-state index contributed by atoms with van der Waals surface area (Å²) in [6, 6.07) is 13.4. The van der Waals surface area contributed by atoms with Crippen LogP contribution in [0.5, 0.6) is 0 Å². The molecule has 2 aromatic heterocycles. The number of nitrogens with two attached hydrogens (primary N) is 1. The predicted molar refractivity (Wildman–Crippen MR) is 88.5 cm³/mol. The Hall–Kier alpha value is -3.15. The SMILES string of the molecule is NC(=O)c1cc(NCCc2cnn(-c3ccccc3)c2)ccn1. The van der Waals surface area contributed by atoms with Gasteiger partial charge in [0.15, 0.2) is 0 Å². The number of primary amides is 1. The number of nitrogens with one attached hydrogen (secondary N) is 1. The zero-order chi connectivity index (χ0) is 16.1. The van der Waals surface area contributed by atoms with Crippen LogP contribution in [0.3, 0.4) is 0 Å². The molecular formula is C17H17N5O. The van der Waals surface area contributed by atoms with Crippen molar-refractivity contribution in [2.75, 3.05) is 11.9 Å². The molecule has 6 heteroatoms. The largest absolute Gasteiger partial charge is 0.385 e. The molecule has 1 aromatic carbocycles. The number of hydrogen-bond donors (Lipinski definition) is 2. The zero-order valence-corrected chi connectivity index (χ0v) is 12.5. The number of anilines is 1. The molecule has 1 amide bonds. The number of benzene rings is 1. The minimum Gasteiger partial charge on any atom is -0.385 e. The molecule has 6 nitrogen and oxygen atoms in total. The number of aromatic nitrogens is 3. The van der Waals surface area contributed by atoms with E-state index in [9.17, 15) is 4.79 Å². The standard InChI is InChI=1S/C17H17N5O/c18-17(23)16-10-14(7-9-20-16)19-8-6-13-11-21-22(12-13)15-4-2-1-3-5-15/h1-5,7,9-12H,6,8H2,(H2,18,23)(H,19,20). The van der Waals surface area contributed by atoms with Crippen molar-refractivity contribution in [2.45, 2.75) is 6.42 Å². The summed E-state index contributed by atoms with van der Waals surface area (Å²) < 4.78 is 1.85. The molecule has 0 unspecified atom stereocenters. The number of carbonyl (C=O) groups is 1. The number of amides is 1. The highest BCUT2D eigenvalue weighted by atomic mass is 16.1. The van der Waals surface area contributed by atoms with Gasteiger partial charge in [-0.25, -0.2) is 4.68 Å². The second kappa shape index (κ2) is 6.74. The molecule has 23 heavy (non-hydrogen) atoms. The highest BCUT2D eigenvalue weighted by Crippen LogP contribution is 2.10. The first-order chi connectivity index (χ1) is 11.2. The Kier molecular flexibility index (Phi) is 4.33. The Labute approximate surface area is 134 Å². The van der Waals surface area contributed by atoms with E-state index in [2.05, 4.69) is 15.4 Å². The van der Waals surface area contributed by atoms with E-state index < -0.39 is 5.91 Å². The van der Waals surface area contributed by atoms with Crippen LogP contribution in [-0.2, 0) is 6.42 Å².